The van der Waals surface area contributed by atoms with E-state index < -0.39 is 18.1 Å². The summed E-state index contributed by atoms with van der Waals surface area (Å²) in [4.78, 5) is 53.2. The molecule has 2 amide bonds. The maximum absolute atomic E-state index is 13.4. The number of cyclic esters (lactones) is 1. The summed E-state index contributed by atoms with van der Waals surface area (Å²) >= 11 is 0. The topological polar surface area (TPSA) is 128 Å². The monoisotopic (exact) mass is 518 g/mol. The lowest BCUT2D eigenvalue weighted by molar-refractivity contribution is 0.0795. The van der Waals surface area contributed by atoms with Crippen LogP contribution in [-0.2, 0) is 25.3 Å². The van der Waals surface area contributed by atoms with Crippen LogP contribution in [0.4, 0.5) is 10.5 Å². The van der Waals surface area contributed by atoms with Crippen LogP contribution in [0.3, 0.4) is 0 Å². The van der Waals surface area contributed by atoms with E-state index in [1.807, 2.05) is 13.0 Å². The summed E-state index contributed by atoms with van der Waals surface area (Å²) < 4.78 is 8.51. The van der Waals surface area contributed by atoms with E-state index in [9.17, 15) is 19.2 Å². The zero-order valence-corrected chi connectivity index (χ0v) is 21.9. The van der Waals surface area contributed by atoms with Gasteiger partial charge in [-0.25, -0.2) is 4.79 Å². The first-order valence-electron chi connectivity index (χ1n) is 12.6. The van der Waals surface area contributed by atoms with Gasteiger partial charge in [0.1, 0.15) is 17.5 Å². The highest BCUT2D eigenvalue weighted by Gasteiger charge is 2.36. The van der Waals surface area contributed by atoms with Gasteiger partial charge in [-0.05, 0) is 69.0 Å². The molecule has 198 valence electrons. The minimum absolute atomic E-state index is 0.159. The second-order valence-electron chi connectivity index (χ2n) is 9.93. The molecule has 1 aliphatic carbocycles. The van der Waals surface area contributed by atoms with Gasteiger partial charge in [0, 0.05) is 25.3 Å². The third-order valence-electron chi connectivity index (χ3n) is 7.09. The molecule has 11 heteroatoms. The van der Waals surface area contributed by atoms with Crippen molar-refractivity contribution < 1.29 is 23.9 Å². The Bertz CT molecular complexity index is 1450. The second kappa shape index (κ2) is 9.88. The summed E-state index contributed by atoms with van der Waals surface area (Å²) in [5.74, 6) is -1.48. The first-order valence-corrected chi connectivity index (χ1v) is 12.6. The Morgan fingerprint density at radius 3 is 2.37 bits per heavy atom. The number of ketones is 2. The highest BCUT2D eigenvalue weighted by molar-refractivity contribution is 6.16. The van der Waals surface area contributed by atoms with Crippen molar-refractivity contribution in [2.24, 2.45) is 20.0 Å². The number of nitrogens with zero attached hydrogens (tertiary/aromatic N) is 5. The number of aromatic nitrogens is 4. The molecule has 2 aromatic heterocycles. The fraction of sp³-hybridized carbons (Fsp3) is 0.407. The van der Waals surface area contributed by atoms with Crippen molar-refractivity contribution in [1.82, 2.24) is 24.9 Å². The van der Waals surface area contributed by atoms with Gasteiger partial charge in [0.15, 0.2) is 11.6 Å². The Labute approximate surface area is 219 Å². The molecule has 1 aliphatic heterocycles. The van der Waals surface area contributed by atoms with E-state index in [2.05, 4.69) is 15.5 Å². The highest BCUT2D eigenvalue weighted by atomic mass is 16.6. The molecule has 0 spiro atoms. The Morgan fingerprint density at radius 1 is 1.03 bits per heavy atom. The van der Waals surface area contributed by atoms with Crippen LogP contribution in [0.25, 0.3) is 0 Å². The van der Waals surface area contributed by atoms with Crippen molar-refractivity contribution in [3.63, 3.8) is 0 Å². The van der Waals surface area contributed by atoms with E-state index in [0.29, 0.717) is 41.9 Å². The van der Waals surface area contributed by atoms with Crippen LogP contribution in [0.2, 0.25) is 0 Å². The molecule has 1 fully saturated rings. The molecule has 0 radical (unpaired) electrons. The van der Waals surface area contributed by atoms with E-state index in [4.69, 9.17) is 4.74 Å². The fourth-order valence-corrected chi connectivity index (χ4v) is 5.24. The summed E-state index contributed by atoms with van der Waals surface area (Å²) in [6.45, 7) is 4.04. The van der Waals surface area contributed by atoms with Gasteiger partial charge in [0.05, 0.1) is 30.4 Å². The molecular formula is C27H30N6O5. The SMILES string of the molecule is Cc1cc(C(=O)NC[C@H]2CN(c3ccc4c(c3)CCCC(C(=O)c3cc(C)nn3C)C4=O)C(=O)O2)n(C)n1. The molecule has 11 nitrogen and oxygen atoms in total. The van der Waals surface area contributed by atoms with Gasteiger partial charge in [0.2, 0.25) is 0 Å². The largest absolute Gasteiger partial charge is 0.442 e. The predicted molar refractivity (Wildman–Crippen MR) is 137 cm³/mol. The Balaban J connectivity index is 1.28. The number of amides is 2. The number of nitrogens with one attached hydrogen (secondary N) is 1. The summed E-state index contributed by atoms with van der Waals surface area (Å²) in [6.07, 6.45) is 0.707. The van der Waals surface area contributed by atoms with E-state index in [0.717, 1.165) is 17.0 Å². The number of aryl methyl sites for hydroxylation is 5. The van der Waals surface area contributed by atoms with Crippen LogP contribution in [0.15, 0.2) is 30.3 Å². The smallest absolute Gasteiger partial charge is 0.414 e. The molecule has 1 aromatic carbocycles. The number of hydrogen-bond donors (Lipinski definition) is 1. The standard InChI is InChI=1S/C27H30N6O5/c1-15-10-22(31(3)29-15)25(35)21-7-5-6-17-12-18(8-9-20(17)24(21)34)33-14-19(38-27(33)37)13-28-26(36)23-11-16(2)30-32(23)4/h8-12,19,21H,5-7,13-14H2,1-4H3,(H,28,36)/t19-,21?/m0/s1. The van der Waals surface area contributed by atoms with Gasteiger partial charge >= 0.3 is 6.09 Å². The molecule has 1 unspecified atom stereocenters. The van der Waals surface area contributed by atoms with E-state index >= 15 is 0 Å². The molecule has 3 aromatic rings. The summed E-state index contributed by atoms with van der Waals surface area (Å²) in [5, 5.41) is 11.2. The number of carbonyl (C=O) groups is 4. The molecule has 5 rings (SSSR count). The number of fused-ring (bicyclic) bond motifs is 1. The molecule has 1 N–H and O–H groups in total. The molecule has 2 atom stereocenters. The Hall–Kier alpha value is -4.28. The van der Waals surface area contributed by atoms with Gasteiger partial charge < -0.3 is 10.1 Å². The highest BCUT2D eigenvalue weighted by Crippen LogP contribution is 2.31. The molecule has 1 saturated heterocycles. The molecule has 0 bridgehead atoms. The first kappa shape index (κ1) is 25.4. The van der Waals surface area contributed by atoms with Crippen molar-refractivity contribution >= 4 is 29.3 Å². The van der Waals surface area contributed by atoms with Crippen LogP contribution in [0, 0.1) is 19.8 Å². The maximum Gasteiger partial charge on any atom is 0.414 e. The lowest BCUT2D eigenvalue weighted by Gasteiger charge is -2.16. The number of hydrogen-bond acceptors (Lipinski definition) is 7. The van der Waals surface area contributed by atoms with Crippen molar-refractivity contribution in [1.29, 1.82) is 0 Å². The van der Waals surface area contributed by atoms with Crippen LogP contribution < -0.4 is 10.2 Å². The third-order valence-corrected chi connectivity index (χ3v) is 7.09. The zero-order valence-electron chi connectivity index (χ0n) is 21.9. The first-order chi connectivity index (χ1) is 18.1. The molecule has 2 aliphatic rings. The summed E-state index contributed by atoms with van der Waals surface area (Å²) in [5.41, 5.74) is 4.24. The Kier molecular flexibility index (Phi) is 6.60. The number of rotatable bonds is 6. The molecule has 38 heavy (non-hydrogen) atoms. The number of ether oxygens (including phenoxy) is 1. The summed E-state index contributed by atoms with van der Waals surface area (Å²) in [6, 6.07) is 8.63. The van der Waals surface area contributed by atoms with Crippen LogP contribution >= 0.6 is 0 Å². The van der Waals surface area contributed by atoms with Crippen LogP contribution in [0.5, 0.6) is 0 Å². The molecular weight excluding hydrogens is 488 g/mol. The second-order valence-corrected chi connectivity index (χ2v) is 9.93. The van der Waals surface area contributed by atoms with Gasteiger partial charge in [0.25, 0.3) is 5.91 Å². The quantitative estimate of drug-likeness (QED) is 0.302. The molecule has 3 heterocycles. The molecule has 0 saturated carbocycles. The predicted octanol–water partition coefficient (Wildman–Crippen LogP) is 2.54. The Morgan fingerprint density at radius 2 is 1.71 bits per heavy atom. The van der Waals surface area contributed by atoms with Gasteiger partial charge in [-0.2, -0.15) is 10.2 Å². The number of carbonyl (C=O) groups excluding carboxylic acids is 4. The number of anilines is 1. The minimum Gasteiger partial charge on any atom is -0.442 e. The third kappa shape index (κ3) is 4.71. The maximum atomic E-state index is 13.4. The van der Waals surface area contributed by atoms with Crippen molar-refractivity contribution in [2.45, 2.75) is 39.2 Å². The van der Waals surface area contributed by atoms with Crippen molar-refractivity contribution in [3.8, 4) is 0 Å². The lowest BCUT2D eigenvalue weighted by atomic mass is 9.89. The number of benzene rings is 1. The summed E-state index contributed by atoms with van der Waals surface area (Å²) in [7, 11) is 3.40. The number of Topliss-reactive ketones (excluding diaryl/α,β-unsaturated/α-hetero) is 2. The lowest BCUT2D eigenvalue weighted by Crippen LogP contribution is -2.35. The van der Waals surface area contributed by atoms with E-state index in [1.165, 1.54) is 14.3 Å². The fourth-order valence-electron chi connectivity index (χ4n) is 5.24. The average molecular weight is 519 g/mol. The van der Waals surface area contributed by atoms with Gasteiger partial charge in [-0.1, -0.05) is 0 Å². The average Bonchev–Trinajstić information content (AvgIpc) is 3.50. The van der Waals surface area contributed by atoms with Gasteiger partial charge in [-0.15, -0.1) is 0 Å². The van der Waals surface area contributed by atoms with E-state index in [1.54, 1.807) is 45.3 Å². The normalized spacial score (nSPS) is 19.2. The zero-order chi connectivity index (χ0) is 27.1. The van der Waals surface area contributed by atoms with Gasteiger partial charge in [-0.3, -0.25) is 28.6 Å². The van der Waals surface area contributed by atoms with Crippen molar-refractivity contribution in [2.75, 3.05) is 18.0 Å². The van der Waals surface area contributed by atoms with E-state index in [-0.39, 0.29) is 30.6 Å². The van der Waals surface area contributed by atoms with Crippen LogP contribution in [0.1, 0.15) is 61.1 Å². The minimum atomic E-state index is -0.759. The van der Waals surface area contributed by atoms with Crippen LogP contribution in [-0.4, -0.2) is 62.3 Å². The van der Waals surface area contributed by atoms with Crippen molar-refractivity contribution in [3.05, 3.63) is 64.2 Å².